The van der Waals surface area contributed by atoms with Crippen molar-refractivity contribution >= 4 is 15.9 Å². The van der Waals surface area contributed by atoms with Gasteiger partial charge in [-0.05, 0) is 35.8 Å². The van der Waals surface area contributed by atoms with Crippen LogP contribution in [0.3, 0.4) is 0 Å². The van der Waals surface area contributed by atoms with E-state index in [1.54, 1.807) is 13.8 Å². The third kappa shape index (κ3) is 2.25. The number of aliphatic hydroxyl groups is 1. The quantitative estimate of drug-likeness (QED) is 0.889. The molecule has 0 saturated carbocycles. The van der Waals surface area contributed by atoms with Gasteiger partial charge in [0.15, 0.2) is 0 Å². The molecule has 0 atom stereocenters. The fourth-order valence-corrected chi connectivity index (χ4v) is 2.03. The Kier molecular flexibility index (Phi) is 3.17. The standard InChI is InChI=1S/C10H12BrFO2/c1-10(2,13)7-4-6(12)5-8(14-3)9(7)11/h4-5,13H,1-3H3. The molecule has 0 saturated heterocycles. The van der Waals surface area contributed by atoms with Crippen LogP contribution in [0.15, 0.2) is 16.6 Å². The molecule has 78 valence electrons. The van der Waals surface area contributed by atoms with E-state index in [-0.39, 0.29) is 0 Å². The Morgan fingerprint density at radius 2 is 2.00 bits per heavy atom. The highest BCUT2D eigenvalue weighted by Gasteiger charge is 2.22. The summed E-state index contributed by atoms with van der Waals surface area (Å²) >= 11 is 3.26. The molecule has 0 aliphatic rings. The van der Waals surface area contributed by atoms with Crippen LogP contribution >= 0.6 is 15.9 Å². The van der Waals surface area contributed by atoms with E-state index in [1.165, 1.54) is 19.2 Å². The van der Waals surface area contributed by atoms with Gasteiger partial charge in [-0.25, -0.2) is 4.39 Å². The van der Waals surface area contributed by atoms with Crippen LogP contribution in [0.25, 0.3) is 0 Å². The van der Waals surface area contributed by atoms with Crippen LogP contribution in [-0.2, 0) is 5.60 Å². The molecule has 0 radical (unpaired) electrons. The zero-order valence-corrected chi connectivity index (χ0v) is 9.85. The average molecular weight is 263 g/mol. The van der Waals surface area contributed by atoms with Crippen molar-refractivity contribution in [3.8, 4) is 5.75 Å². The molecule has 0 unspecified atom stereocenters. The molecule has 0 amide bonds. The highest BCUT2D eigenvalue weighted by atomic mass is 79.9. The van der Waals surface area contributed by atoms with Crippen LogP contribution in [0, 0.1) is 5.82 Å². The lowest BCUT2D eigenvalue weighted by atomic mass is 9.98. The average Bonchev–Trinajstić information content (AvgIpc) is 2.06. The first-order chi connectivity index (χ1) is 6.36. The van der Waals surface area contributed by atoms with Gasteiger partial charge in [-0.15, -0.1) is 0 Å². The lowest BCUT2D eigenvalue weighted by Gasteiger charge is -2.20. The molecule has 1 aromatic rings. The Bertz CT molecular complexity index is 345. The van der Waals surface area contributed by atoms with E-state index in [4.69, 9.17) is 4.74 Å². The van der Waals surface area contributed by atoms with Gasteiger partial charge in [0.05, 0.1) is 17.2 Å². The van der Waals surface area contributed by atoms with Crippen molar-refractivity contribution in [3.63, 3.8) is 0 Å². The van der Waals surface area contributed by atoms with E-state index in [1.807, 2.05) is 0 Å². The largest absolute Gasteiger partial charge is 0.495 e. The fraction of sp³-hybridized carbons (Fsp3) is 0.400. The number of methoxy groups -OCH3 is 1. The third-order valence-corrected chi connectivity index (χ3v) is 2.70. The highest BCUT2D eigenvalue weighted by molar-refractivity contribution is 9.10. The molecule has 1 N–H and O–H groups in total. The highest BCUT2D eigenvalue weighted by Crippen LogP contribution is 2.35. The molecule has 0 aliphatic heterocycles. The zero-order valence-electron chi connectivity index (χ0n) is 8.27. The summed E-state index contributed by atoms with van der Waals surface area (Å²) in [4.78, 5) is 0. The lowest BCUT2D eigenvalue weighted by Crippen LogP contribution is -2.16. The number of hydrogen-bond donors (Lipinski definition) is 1. The predicted octanol–water partition coefficient (Wildman–Crippen LogP) is 2.82. The summed E-state index contributed by atoms with van der Waals surface area (Å²) in [5.74, 6) is -0.0516. The van der Waals surface area contributed by atoms with E-state index in [0.29, 0.717) is 15.8 Å². The molecule has 0 heterocycles. The van der Waals surface area contributed by atoms with Gasteiger partial charge in [0, 0.05) is 11.6 Å². The second-order valence-electron chi connectivity index (χ2n) is 3.53. The molecule has 2 nitrogen and oxygen atoms in total. The normalized spacial score (nSPS) is 11.6. The van der Waals surface area contributed by atoms with E-state index in [2.05, 4.69) is 15.9 Å². The predicted molar refractivity (Wildman–Crippen MR) is 55.9 cm³/mol. The van der Waals surface area contributed by atoms with Crippen molar-refractivity contribution < 1.29 is 14.2 Å². The number of ether oxygens (including phenoxy) is 1. The Morgan fingerprint density at radius 3 is 2.43 bits per heavy atom. The van der Waals surface area contributed by atoms with Gasteiger partial charge in [0.2, 0.25) is 0 Å². The van der Waals surface area contributed by atoms with Crippen molar-refractivity contribution in [3.05, 3.63) is 28.0 Å². The lowest BCUT2D eigenvalue weighted by molar-refractivity contribution is 0.0771. The van der Waals surface area contributed by atoms with Crippen LogP contribution < -0.4 is 4.74 Å². The second-order valence-corrected chi connectivity index (χ2v) is 4.32. The van der Waals surface area contributed by atoms with Crippen molar-refractivity contribution in [2.75, 3.05) is 7.11 Å². The summed E-state index contributed by atoms with van der Waals surface area (Å²) in [7, 11) is 1.45. The van der Waals surface area contributed by atoms with Crippen molar-refractivity contribution in [1.82, 2.24) is 0 Å². The molecular weight excluding hydrogens is 251 g/mol. The van der Waals surface area contributed by atoms with Crippen LogP contribution in [0.2, 0.25) is 0 Å². The topological polar surface area (TPSA) is 29.5 Å². The van der Waals surface area contributed by atoms with Crippen molar-refractivity contribution in [2.24, 2.45) is 0 Å². The van der Waals surface area contributed by atoms with Crippen LogP contribution in [0.4, 0.5) is 4.39 Å². The van der Waals surface area contributed by atoms with Crippen molar-refractivity contribution in [1.29, 1.82) is 0 Å². The van der Waals surface area contributed by atoms with Gasteiger partial charge < -0.3 is 9.84 Å². The smallest absolute Gasteiger partial charge is 0.136 e. The summed E-state index contributed by atoms with van der Waals surface area (Å²) in [6.45, 7) is 3.18. The van der Waals surface area contributed by atoms with E-state index in [0.717, 1.165) is 0 Å². The monoisotopic (exact) mass is 262 g/mol. The minimum Gasteiger partial charge on any atom is -0.495 e. The first kappa shape index (κ1) is 11.5. The number of rotatable bonds is 2. The number of benzene rings is 1. The molecule has 0 bridgehead atoms. The molecule has 4 heteroatoms. The fourth-order valence-electron chi connectivity index (χ4n) is 1.16. The van der Waals surface area contributed by atoms with Gasteiger partial charge in [-0.2, -0.15) is 0 Å². The van der Waals surface area contributed by atoms with Gasteiger partial charge in [-0.1, -0.05) is 0 Å². The van der Waals surface area contributed by atoms with E-state index < -0.39 is 11.4 Å². The Morgan fingerprint density at radius 1 is 1.43 bits per heavy atom. The molecule has 0 fully saturated rings. The van der Waals surface area contributed by atoms with Crippen LogP contribution in [0.5, 0.6) is 5.75 Å². The first-order valence-electron chi connectivity index (χ1n) is 4.12. The maximum absolute atomic E-state index is 13.1. The molecule has 1 rings (SSSR count). The maximum atomic E-state index is 13.1. The summed E-state index contributed by atoms with van der Waals surface area (Å²) in [5, 5.41) is 9.76. The SMILES string of the molecule is COc1cc(F)cc(C(C)(C)O)c1Br. The number of halogens is 2. The summed E-state index contributed by atoms with van der Waals surface area (Å²) in [5.41, 5.74) is -0.636. The third-order valence-electron chi connectivity index (χ3n) is 1.88. The number of hydrogen-bond acceptors (Lipinski definition) is 2. The van der Waals surface area contributed by atoms with Gasteiger partial charge in [0.25, 0.3) is 0 Å². The van der Waals surface area contributed by atoms with E-state index in [9.17, 15) is 9.50 Å². The van der Waals surface area contributed by atoms with E-state index >= 15 is 0 Å². The molecule has 0 aromatic heterocycles. The minimum absolute atomic E-state index is 0.377. The van der Waals surface area contributed by atoms with Gasteiger partial charge in [0.1, 0.15) is 11.6 Å². The van der Waals surface area contributed by atoms with Crippen molar-refractivity contribution in [2.45, 2.75) is 19.4 Å². The Hall–Kier alpha value is -0.610. The van der Waals surface area contributed by atoms with Gasteiger partial charge >= 0.3 is 0 Å². The summed E-state index contributed by atoms with van der Waals surface area (Å²) in [6, 6.07) is 2.55. The molecule has 1 aromatic carbocycles. The van der Waals surface area contributed by atoms with Crippen LogP contribution in [-0.4, -0.2) is 12.2 Å². The van der Waals surface area contributed by atoms with Crippen LogP contribution in [0.1, 0.15) is 19.4 Å². The molecule has 0 aliphatic carbocycles. The summed E-state index contributed by atoms with van der Waals surface area (Å²) < 4.78 is 18.7. The second kappa shape index (κ2) is 3.87. The maximum Gasteiger partial charge on any atom is 0.136 e. The first-order valence-corrected chi connectivity index (χ1v) is 4.91. The molecule has 0 spiro atoms. The Labute approximate surface area is 90.8 Å². The molecular formula is C10H12BrFO2. The summed E-state index contributed by atoms with van der Waals surface area (Å²) in [6.07, 6.45) is 0. The minimum atomic E-state index is -1.10. The Balaban J connectivity index is 3.37. The molecule has 14 heavy (non-hydrogen) atoms. The van der Waals surface area contributed by atoms with Gasteiger partial charge in [-0.3, -0.25) is 0 Å². The zero-order chi connectivity index (χ0) is 10.9.